The van der Waals surface area contributed by atoms with Crippen molar-refractivity contribution in [2.75, 3.05) is 24.2 Å². The average Bonchev–Trinajstić information content (AvgIpc) is 2.94. The number of carbonyl (C=O) groups excluding carboxylic acids is 2. The minimum atomic E-state index is -3.90. The molecule has 0 aliphatic carbocycles. The van der Waals surface area contributed by atoms with Crippen LogP contribution in [0.3, 0.4) is 0 Å². The van der Waals surface area contributed by atoms with E-state index >= 15 is 0 Å². The van der Waals surface area contributed by atoms with Crippen molar-refractivity contribution in [3.63, 3.8) is 0 Å². The van der Waals surface area contributed by atoms with Gasteiger partial charge in [-0.2, -0.15) is 0 Å². The van der Waals surface area contributed by atoms with Gasteiger partial charge in [-0.05, 0) is 48.7 Å². The first kappa shape index (κ1) is 32.2. The van der Waals surface area contributed by atoms with Crippen LogP contribution in [0.1, 0.15) is 31.4 Å². The number of anilines is 1. The van der Waals surface area contributed by atoms with Crippen LogP contribution in [-0.4, -0.2) is 57.1 Å². The van der Waals surface area contributed by atoms with Gasteiger partial charge in [-0.25, -0.2) is 8.42 Å². The summed E-state index contributed by atoms with van der Waals surface area (Å²) in [6, 6.07) is 19.6. The molecule has 3 aromatic rings. The highest BCUT2D eigenvalue weighted by Gasteiger charge is 2.33. The summed E-state index contributed by atoms with van der Waals surface area (Å²) in [7, 11) is -2.43. The van der Waals surface area contributed by atoms with Crippen LogP contribution in [0.15, 0.2) is 72.8 Å². The SMILES string of the molecule is CC[C@H](C)NC(=O)[C@@H](Cc1ccccc1)N(Cc1ccc(Cl)cc1Cl)C(=O)CN(c1cccc(OC)c1)S(C)(=O)=O. The van der Waals surface area contributed by atoms with Crippen LogP contribution in [0.25, 0.3) is 0 Å². The van der Waals surface area contributed by atoms with Crippen molar-refractivity contribution in [2.24, 2.45) is 0 Å². The monoisotopic (exact) mass is 619 g/mol. The summed E-state index contributed by atoms with van der Waals surface area (Å²) >= 11 is 12.6. The van der Waals surface area contributed by atoms with E-state index in [0.29, 0.717) is 27.8 Å². The quantitative estimate of drug-likeness (QED) is 0.279. The van der Waals surface area contributed by atoms with Gasteiger partial charge in [0.15, 0.2) is 0 Å². The van der Waals surface area contributed by atoms with Crippen molar-refractivity contribution in [2.45, 2.75) is 45.3 Å². The number of benzene rings is 3. The lowest BCUT2D eigenvalue weighted by atomic mass is 10.0. The van der Waals surface area contributed by atoms with E-state index < -0.39 is 28.5 Å². The third kappa shape index (κ3) is 9.11. The Balaban J connectivity index is 2.09. The summed E-state index contributed by atoms with van der Waals surface area (Å²) in [4.78, 5) is 29.2. The number of hydrogen-bond acceptors (Lipinski definition) is 5. The first-order valence-corrected chi connectivity index (χ1v) is 15.7. The number of hydrogen-bond donors (Lipinski definition) is 1. The van der Waals surface area contributed by atoms with Gasteiger partial charge in [-0.15, -0.1) is 0 Å². The second-order valence-corrected chi connectivity index (χ2v) is 12.5. The van der Waals surface area contributed by atoms with Gasteiger partial charge in [-0.3, -0.25) is 13.9 Å². The van der Waals surface area contributed by atoms with Gasteiger partial charge in [0.25, 0.3) is 0 Å². The van der Waals surface area contributed by atoms with E-state index in [9.17, 15) is 18.0 Å². The molecule has 0 bridgehead atoms. The summed E-state index contributed by atoms with van der Waals surface area (Å²) in [5.74, 6) is -0.498. The molecule has 8 nitrogen and oxygen atoms in total. The number of nitrogens with zero attached hydrogens (tertiary/aromatic N) is 2. The van der Waals surface area contributed by atoms with Crippen LogP contribution in [0.5, 0.6) is 5.75 Å². The third-order valence-corrected chi connectivity index (χ3v) is 8.38. The fraction of sp³-hybridized carbons (Fsp3) is 0.333. The zero-order chi connectivity index (χ0) is 30.2. The highest BCUT2D eigenvalue weighted by atomic mass is 35.5. The molecule has 0 saturated carbocycles. The Kier molecular flexibility index (Phi) is 11.5. The lowest BCUT2D eigenvalue weighted by Crippen LogP contribution is -2.54. The van der Waals surface area contributed by atoms with Crippen LogP contribution in [-0.2, 0) is 32.6 Å². The predicted molar refractivity (Wildman–Crippen MR) is 164 cm³/mol. The maximum atomic E-state index is 14.1. The molecule has 41 heavy (non-hydrogen) atoms. The number of sulfonamides is 1. The van der Waals surface area contributed by atoms with Gasteiger partial charge in [-0.1, -0.05) is 72.6 Å². The Morgan fingerprint density at radius 1 is 1.00 bits per heavy atom. The minimum Gasteiger partial charge on any atom is -0.497 e. The van der Waals surface area contributed by atoms with Gasteiger partial charge < -0.3 is 15.0 Å². The Morgan fingerprint density at radius 2 is 1.71 bits per heavy atom. The van der Waals surface area contributed by atoms with Crippen molar-refractivity contribution in [1.82, 2.24) is 10.2 Å². The van der Waals surface area contributed by atoms with E-state index in [2.05, 4.69) is 5.32 Å². The molecule has 2 amide bonds. The lowest BCUT2D eigenvalue weighted by molar-refractivity contribution is -0.140. The van der Waals surface area contributed by atoms with Gasteiger partial charge in [0.1, 0.15) is 18.3 Å². The average molecular weight is 621 g/mol. The second-order valence-electron chi connectivity index (χ2n) is 9.75. The Morgan fingerprint density at radius 3 is 2.32 bits per heavy atom. The molecule has 0 unspecified atom stereocenters. The van der Waals surface area contributed by atoms with Gasteiger partial charge in [0.2, 0.25) is 21.8 Å². The number of nitrogens with one attached hydrogen (secondary N) is 1. The number of amides is 2. The number of carbonyl (C=O) groups is 2. The standard InChI is InChI=1S/C30H35Cl2N3O5S/c1-5-21(2)33-30(37)28(16-22-10-7-6-8-11-22)34(19-23-14-15-24(31)17-27(23)32)29(36)20-35(41(4,38)39)25-12-9-13-26(18-25)40-3/h6-15,17-18,21,28H,5,16,19-20H2,1-4H3,(H,33,37)/t21-,28+/m0/s1. The van der Waals surface area contributed by atoms with Crippen molar-refractivity contribution in [1.29, 1.82) is 0 Å². The first-order chi connectivity index (χ1) is 19.4. The molecule has 0 fully saturated rings. The summed E-state index contributed by atoms with van der Waals surface area (Å²) < 4.78 is 32.1. The smallest absolute Gasteiger partial charge is 0.244 e. The van der Waals surface area contributed by atoms with E-state index in [1.54, 1.807) is 36.4 Å². The summed E-state index contributed by atoms with van der Waals surface area (Å²) in [5, 5.41) is 3.74. The molecule has 0 aromatic heterocycles. The first-order valence-electron chi connectivity index (χ1n) is 13.1. The van der Waals surface area contributed by atoms with Crippen LogP contribution < -0.4 is 14.4 Å². The van der Waals surface area contributed by atoms with E-state index in [4.69, 9.17) is 27.9 Å². The maximum Gasteiger partial charge on any atom is 0.244 e. The molecule has 0 radical (unpaired) electrons. The number of ether oxygens (including phenoxy) is 1. The van der Waals surface area contributed by atoms with E-state index in [0.717, 1.165) is 16.1 Å². The van der Waals surface area contributed by atoms with Crippen LogP contribution in [0.2, 0.25) is 10.0 Å². The number of halogens is 2. The normalized spacial score (nSPS) is 12.7. The molecule has 0 aliphatic heterocycles. The zero-order valence-electron chi connectivity index (χ0n) is 23.5. The van der Waals surface area contributed by atoms with E-state index in [1.165, 1.54) is 18.1 Å². The predicted octanol–water partition coefficient (Wildman–Crippen LogP) is 5.32. The van der Waals surface area contributed by atoms with Crippen molar-refractivity contribution < 1.29 is 22.7 Å². The molecule has 11 heteroatoms. The summed E-state index contributed by atoms with van der Waals surface area (Å²) in [5.41, 5.74) is 1.66. The van der Waals surface area contributed by atoms with Gasteiger partial charge >= 0.3 is 0 Å². The van der Waals surface area contributed by atoms with Gasteiger partial charge in [0.05, 0.1) is 19.1 Å². The molecule has 1 N–H and O–H groups in total. The fourth-order valence-corrected chi connectivity index (χ4v) is 5.52. The molecule has 2 atom stereocenters. The van der Waals surface area contributed by atoms with E-state index in [1.807, 2.05) is 44.2 Å². The van der Waals surface area contributed by atoms with Crippen LogP contribution in [0.4, 0.5) is 5.69 Å². The molecule has 0 aliphatic rings. The minimum absolute atomic E-state index is 0.0457. The third-order valence-electron chi connectivity index (χ3n) is 6.65. The molecule has 220 valence electrons. The van der Waals surface area contributed by atoms with Crippen molar-refractivity contribution in [3.05, 3.63) is 94.0 Å². The molecule has 3 aromatic carbocycles. The molecular weight excluding hydrogens is 585 g/mol. The van der Waals surface area contributed by atoms with Crippen molar-refractivity contribution >= 4 is 50.7 Å². The summed E-state index contributed by atoms with van der Waals surface area (Å²) in [6.45, 7) is 3.24. The van der Waals surface area contributed by atoms with E-state index in [-0.39, 0.29) is 30.6 Å². The topological polar surface area (TPSA) is 96.0 Å². The number of rotatable bonds is 13. The summed E-state index contributed by atoms with van der Waals surface area (Å²) in [6.07, 6.45) is 1.92. The lowest BCUT2D eigenvalue weighted by Gasteiger charge is -2.34. The fourth-order valence-electron chi connectivity index (χ4n) is 4.21. The Bertz CT molecular complexity index is 1450. The van der Waals surface area contributed by atoms with Crippen molar-refractivity contribution in [3.8, 4) is 5.75 Å². The zero-order valence-corrected chi connectivity index (χ0v) is 25.8. The van der Waals surface area contributed by atoms with Gasteiger partial charge in [0, 0.05) is 35.1 Å². The Labute approximate surface area is 252 Å². The van der Waals surface area contributed by atoms with Crippen LogP contribution >= 0.6 is 23.2 Å². The maximum absolute atomic E-state index is 14.1. The van der Waals surface area contributed by atoms with Crippen LogP contribution in [0, 0.1) is 0 Å². The molecule has 0 heterocycles. The second kappa shape index (κ2) is 14.6. The molecule has 0 saturated heterocycles. The number of methoxy groups -OCH3 is 1. The molecular formula is C30H35Cl2N3O5S. The highest BCUT2D eigenvalue weighted by molar-refractivity contribution is 7.92. The molecule has 0 spiro atoms. The molecule has 3 rings (SSSR count). The largest absolute Gasteiger partial charge is 0.497 e. The Hall–Kier alpha value is -3.27. The highest BCUT2D eigenvalue weighted by Crippen LogP contribution is 2.26.